The van der Waals surface area contributed by atoms with Crippen LogP contribution in [-0.2, 0) is 14.3 Å². The highest BCUT2D eigenvalue weighted by Gasteiger charge is 2.31. The molecule has 70 valence electrons. The second-order valence-corrected chi connectivity index (χ2v) is 2.92. The van der Waals surface area contributed by atoms with Crippen LogP contribution in [0.15, 0.2) is 0 Å². The third-order valence-corrected chi connectivity index (χ3v) is 2.17. The molecule has 2 atom stereocenters. The van der Waals surface area contributed by atoms with Crippen molar-refractivity contribution in [3.8, 4) is 0 Å². The average molecular weight is 173 g/mol. The second-order valence-electron chi connectivity index (χ2n) is 2.92. The van der Waals surface area contributed by atoms with Crippen molar-refractivity contribution in [3.05, 3.63) is 0 Å². The van der Waals surface area contributed by atoms with Crippen LogP contribution in [0.3, 0.4) is 0 Å². The molecule has 4 heteroatoms. The van der Waals surface area contributed by atoms with E-state index in [1.807, 2.05) is 0 Å². The van der Waals surface area contributed by atoms with Crippen molar-refractivity contribution in [2.45, 2.75) is 18.9 Å². The topological polar surface area (TPSA) is 61.5 Å². The van der Waals surface area contributed by atoms with E-state index in [4.69, 9.17) is 10.5 Å². The Bertz CT molecular complexity index is 154. The van der Waals surface area contributed by atoms with E-state index in [0.29, 0.717) is 6.54 Å². The fourth-order valence-electron chi connectivity index (χ4n) is 1.47. The number of hydrogen-bond donors (Lipinski definition) is 1. The van der Waals surface area contributed by atoms with Gasteiger partial charge in [-0.05, 0) is 12.8 Å². The maximum Gasteiger partial charge on any atom is 0.312 e. The molecule has 12 heavy (non-hydrogen) atoms. The summed E-state index contributed by atoms with van der Waals surface area (Å²) in [6.45, 7) is 1.04. The molecule has 1 heterocycles. The van der Waals surface area contributed by atoms with Crippen LogP contribution in [-0.4, -0.2) is 32.3 Å². The molecule has 0 bridgehead atoms. The Labute approximate surface area is 72.0 Å². The zero-order valence-corrected chi connectivity index (χ0v) is 7.29. The van der Waals surface area contributed by atoms with Crippen LogP contribution >= 0.6 is 0 Å². The van der Waals surface area contributed by atoms with Crippen molar-refractivity contribution in [3.63, 3.8) is 0 Å². The van der Waals surface area contributed by atoms with Gasteiger partial charge < -0.3 is 15.2 Å². The van der Waals surface area contributed by atoms with Crippen LogP contribution in [0.1, 0.15) is 12.8 Å². The summed E-state index contributed by atoms with van der Waals surface area (Å²) in [5.41, 5.74) is 5.45. The molecule has 0 aromatic heterocycles. The van der Waals surface area contributed by atoms with Crippen molar-refractivity contribution in [1.29, 1.82) is 0 Å². The number of methoxy groups -OCH3 is 1. The molecule has 2 unspecified atom stereocenters. The van der Waals surface area contributed by atoms with Gasteiger partial charge in [0.05, 0.1) is 19.1 Å². The predicted octanol–water partition coefficient (Wildman–Crippen LogP) is -0.0867. The molecule has 1 saturated heterocycles. The molecular formula is C8H15NO3. The zero-order valence-electron chi connectivity index (χ0n) is 7.29. The standard InChI is InChI=1S/C8H15NO3/c1-11-8(10)6(5-9)7-3-2-4-12-7/h6-7H,2-5,9H2,1H3. The number of rotatable bonds is 3. The molecule has 0 radical (unpaired) electrons. The first-order valence-corrected chi connectivity index (χ1v) is 4.19. The molecule has 0 aromatic rings. The van der Waals surface area contributed by atoms with Crippen molar-refractivity contribution in [2.75, 3.05) is 20.3 Å². The Morgan fingerprint density at radius 2 is 2.58 bits per heavy atom. The molecule has 1 aliphatic heterocycles. The lowest BCUT2D eigenvalue weighted by molar-refractivity contribution is -0.149. The summed E-state index contributed by atoms with van der Waals surface area (Å²) >= 11 is 0. The van der Waals surface area contributed by atoms with Crippen LogP contribution in [0, 0.1) is 5.92 Å². The summed E-state index contributed by atoms with van der Waals surface area (Å²) in [7, 11) is 1.37. The van der Waals surface area contributed by atoms with Gasteiger partial charge in [0.1, 0.15) is 0 Å². The average Bonchev–Trinajstić information content (AvgIpc) is 2.58. The lowest BCUT2D eigenvalue weighted by atomic mass is 10.0. The molecule has 0 spiro atoms. The van der Waals surface area contributed by atoms with Crippen molar-refractivity contribution >= 4 is 5.97 Å². The third kappa shape index (κ3) is 1.95. The lowest BCUT2D eigenvalue weighted by Crippen LogP contribution is -2.35. The van der Waals surface area contributed by atoms with Gasteiger partial charge in [-0.2, -0.15) is 0 Å². The summed E-state index contributed by atoms with van der Waals surface area (Å²) in [5.74, 6) is -0.540. The summed E-state index contributed by atoms with van der Waals surface area (Å²) in [6.07, 6.45) is 1.90. The molecule has 0 aliphatic carbocycles. The number of carbonyl (C=O) groups excluding carboxylic acids is 1. The second kappa shape index (κ2) is 4.42. The largest absolute Gasteiger partial charge is 0.469 e. The smallest absolute Gasteiger partial charge is 0.312 e. The number of ether oxygens (including phenoxy) is 2. The number of carbonyl (C=O) groups is 1. The minimum Gasteiger partial charge on any atom is -0.469 e. The summed E-state index contributed by atoms with van der Waals surface area (Å²) in [5, 5.41) is 0. The molecule has 0 aromatic carbocycles. The maximum atomic E-state index is 11.1. The quantitative estimate of drug-likeness (QED) is 0.606. The molecule has 1 aliphatic rings. The molecule has 2 N–H and O–H groups in total. The molecule has 0 amide bonds. The summed E-state index contributed by atoms with van der Waals surface area (Å²) in [4.78, 5) is 11.1. The van der Waals surface area contributed by atoms with Gasteiger partial charge in [0.2, 0.25) is 0 Å². The normalized spacial score (nSPS) is 25.3. The van der Waals surface area contributed by atoms with Gasteiger partial charge in [-0.3, -0.25) is 4.79 Å². The Morgan fingerprint density at radius 3 is 3.00 bits per heavy atom. The summed E-state index contributed by atoms with van der Waals surface area (Å²) in [6, 6.07) is 0. The van der Waals surface area contributed by atoms with Crippen LogP contribution in [0.4, 0.5) is 0 Å². The van der Waals surface area contributed by atoms with E-state index in [2.05, 4.69) is 4.74 Å². The minimum absolute atomic E-state index is 0.0255. The number of hydrogen-bond acceptors (Lipinski definition) is 4. The zero-order chi connectivity index (χ0) is 8.97. The number of nitrogens with two attached hydrogens (primary N) is 1. The molecule has 1 rings (SSSR count). The minimum atomic E-state index is -0.280. The SMILES string of the molecule is COC(=O)C(CN)C1CCCO1. The fraction of sp³-hybridized carbons (Fsp3) is 0.875. The molecule has 1 fully saturated rings. The van der Waals surface area contributed by atoms with Gasteiger partial charge >= 0.3 is 5.97 Å². The Hall–Kier alpha value is -0.610. The first kappa shape index (κ1) is 9.48. The van der Waals surface area contributed by atoms with E-state index < -0.39 is 0 Å². The highest BCUT2D eigenvalue weighted by Crippen LogP contribution is 2.20. The van der Waals surface area contributed by atoms with Gasteiger partial charge in [0.25, 0.3) is 0 Å². The van der Waals surface area contributed by atoms with Gasteiger partial charge in [-0.15, -0.1) is 0 Å². The van der Waals surface area contributed by atoms with E-state index in [0.717, 1.165) is 19.4 Å². The van der Waals surface area contributed by atoms with E-state index in [-0.39, 0.29) is 18.0 Å². The van der Waals surface area contributed by atoms with E-state index in [1.54, 1.807) is 0 Å². The van der Waals surface area contributed by atoms with Crippen LogP contribution < -0.4 is 5.73 Å². The van der Waals surface area contributed by atoms with Crippen LogP contribution in [0.25, 0.3) is 0 Å². The van der Waals surface area contributed by atoms with Gasteiger partial charge in [-0.25, -0.2) is 0 Å². The molecule has 0 saturated carbocycles. The van der Waals surface area contributed by atoms with E-state index >= 15 is 0 Å². The van der Waals surface area contributed by atoms with Gasteiger partial charge in [0.15, 0.2) is 0 Å². The summed E-state index contributed by atoms with van der Waals surface area (Å²) < 4.78 is 9.96. The van der Waals surface area contributed by atoms with E-state index in [9.17, 15) is 4.79 Å². The highest BCUT2D eigenvalue weighted by molar-refractivity contribution is 5.73. The van der Waals surface area contributed by atoms with Gasteiger partial charge in [-0.1, -0.05) is 0 Å². The van der Waals surface area contributed by atoms with Crippen molar-refractivity contribution in [2.24, 2.45) is 11.7 Å². The van der Waals surface area contributed by atoms with Crippen molar-refractivity contribution in [1.82, 2.24) is 0 Å². The van der Waals surface area contributed by atoms with Crippen molar-refractivity contribution < 1.29 is 14.3 Å². The fourth-order valence-corrected chi connectivity index (χ4v) is 1.47. The lowest BCUT2D eigenvalue weighted by Gasteiger charge is -2.18. The maximum absolute atomic E-state index is 11.1. The monoisotopic (exact) mass is 173 g/mol. The molecular weight excluding hydrogens is 158 g/mol. The van der Waals surface area contributed by atoms with E-state index in [1.165, 1.54) is 7.11 Å². The predicted molar refractivity (Wildman–Crippen MR) is 43.5 cm³/mol. The van der Waals surface area contributed by atoms with Crippen LogP contribution in [0.5, 0.6) is 0 Å². The first-order chi connectivity index (χ1) is 5.79. The van der Waals surface area contributed by atoms with Crippen LogP contribution in [0.2, 0.25) is 0 Å². The Kier molecular flexibility index (Phi) is 3.49. The third-order valence-electron chi connectivity index (χ3n) is 2.17. The molecule has 4 nitrogen and oxygen atoms in total. The first-order valence-electron chi connectivity index (χ1n) is 4.19. The Morgan fingerprint density at radius 1 is 1.83 bits per heavy atom. The highest BCUT2D eigenvalue weighted by atomic mass is 16.5. The Balaban J connectivity index is 2.48. The van der Waals surface area contributed by atoms with Gasteiger partial charge in [0, 0.05) is 13.2 Å². The number of esters is 1.